The molecule has 3 rings (SSSR count). The van der Waals surface area contributed by atoms with E-state index < -0.39 is 39.4 Å². The van der Waals surface area contributed by atoms with Crippen molar-refractivity contribution in [2.45, 2.75) is 24.8 Å². The Kier molecular flexibility index (Phi) is 7.60. The fourth-order valence-electron chi connectivity index (χ4n) is 3.30. The van der Waals surface area contributed by atoms with Gasteiger partial charge in [-0.2, -0.15) is 0 Å². The van der Waals surface area contributed by atoms with E-state index in [2.05, 4.69) is 10.6 Å². The van der Waals surface area contributed by atoms with E-state index in [0.717, 1.165) is 18.2 Å². The highest BCUT2D eigenvalue weighted by molar-refractivity contribution is 7.91. The minimum Gasteiger partial charge on any atom is -0.494 e. The molecule has 176 valence electrons. The van der Waals surface area contributed by atoms with Crippen molar-refractivity contribution < 1.29 is 31.9 Å². The van der Waals surface area contributed by atoms with Crippen LogP contribution in [0.4, 0.5) is 9.18 Å². The van der Waals surface area contributed by atoms with Gasteiger partial charge in [0.2, 0.25) is 0 Å². The van der Waals surface area contributed by atoms with Gasteiger partial charge in [0, 0.05) is 5.70 Å². The maximum atomic E-state index is 13.5. The minimum absolute atomic E-state index is 0.0415. The molecule has 11 heteroatoms. The molecule has 33 heavy (non-hydrogen) atoms. The molecule has 0 fully saturated rings. The van der Waals surface area contributed by atoms with Gasteiger partial charge in [0.15, 0.2) is 9.84 Å². The van der Waals surface area contributed by atoms with Gasteiger partial charge >= 0.3 is 12.0 Å². The maximum absolute atomic E-state index is 13.5. The van der Waals surface area contributed by atoms with Crippen LogP contribution in [0.3, 0.4) is 0 Å². The molecule has 2 N–H and O–H groups in total. The SMILES string of the molecule is CCOC(=O)C1=C(CS(=O)(=O)c2ccc(F)c(Cl)c2)NC(=O)N[C@H]1c1ccc(OCC)cc1. The number of hydrogen-bond acceptors (Lipinski definition) is 6. The summed E-state index contributed by atoms with van der Waals surface area (Å²) >= 11 is 5.73. The zero-order valence-electron chi connectivity index (χ0n) is 17.9. The second-order valence-electron chi connectivity index (χ2n) is 6.98. The number of rotatable bonds is 8. The number of nitrogens with one attached hydrogen (secondary N) is 2. The van der Waals surface area contributed by atoms with Gasteiger partial charge < -0.3 is 20.1 Å². The Balaban J connectivity index is 2.07. The summed E-state index contributed by atoms with van der Waals surface area (Å²) in [7, 11) is -4.10. The van der Waals surface area contributed by atoms with Crippen LogP contribution in [0.1, 0.15) is 25.5 Å². The molecule has 0 saturated heterocycles. The van der Waals surface area contributed by atoms with E-state index in [4.69, 9.17) is 21.1 Å². The molecule has 1 aliphatic rings. The maximum Gasteiger partial charge on any atom is 0.338 e. The zero-order chi connectivity index (χ0) is 24.2. The topological polar surface area (TPSA) is 111 Å². The van der Waals surface area contributed by atoms with Gasteiger partial charge in [-0.25, -0.2) is 22.4 Å². The molecule has 1 atom stereocenters. The normalized spacial score (nSPS) is 16.1. The summed E-state index contributed by atoms with van der Waals surface area (Å²) in [6.07, 6.45) is 0. The Morgan fingerprint density at radius 2 is 1.82 bits per heavy atom. The fraction of sp³-hybridized carbons (Fsp3) is 0.273. The van der Waals surface area contributed by atoms with E-state index in [0.29, 0.717) is 17.9 Å². The Morgan fingerprint density at radius 3 is 2.42 bits per heavy atom. The third-order valence-electron chi connectivity index (χ3n) is 4.76. The molecule has 0 saturated carbocycles. The molecule has 2 aromatic carbocycles. The van der Waals surface area contributed by atoms with Gasteiger partial charge in [-0.05, 0) is 49.7 Å². The van der Waals surface area contributed by atoms with E-state index in [1.54, 1.807) is 31.2 Å². The summed E-state index contributed by atoms with van der Waals surface area (Å²) in [5.41, 5.74) is 0.324. The Morgan fingerprint density at radius 1 is 1.12 bits per heavy atom. The number of hydrogen-bond donors (Lipinski definition) is 2. The monoisotopic (exact) mass is 496 g/mol. The lowest BCUT2D eigenvalue weighted by Gasteiger charge is -2.29. The van der Waals surface area contributed by atoms with E-state index in [9.17, 15) is 22.4 Å². The van der Waals surface area contributed by atoms with Crippen LogP contribution in [0.25, 0.3) is 0 Å². The van der Waals surface area contributed by atoms with Crippen molar-refractivity contribution in [3.8, 4) is 5.75 Å². The van der Waals surface area contributed by atoms with Crippen LogP contribution in [-0.4, -0.2) is 39.4 Å². The summed E-state index contributed by atoms with van der Waals surface area (Å²) in [5.74, 6) is -1.69. The first kappa shape index (κ1) is 24.5. The lowest BCUT2D eigenvalue weighted by Crippen LogP contribution is -2.47. The molecule has 0 unspecified atom stereocenters. The molecule has 8 nitrogen and oxygen atoms in total. The number of ether oxygens (including phenoxy) is 2. The summed E-state index contributed by atoms with van der Waals surface area (Å²) < 4.78 is 50.0. The van der Waals surface area contributed by atoms with Crippen LogP contribution < -0.4 is 15.4 Å². The van der Waals surface area contributed by atoms with Gasteiger partial charge in [0.1, 0.15) is 11.6 Å². The van der Waals surface area contributed by atoms with Crippen LogP contribution in [0.5, 0.6) is 5.75 Å². The van der Waals surface area contributed by atoms with Gasteiger partial charge in [-0.15, -0.1) is 0 Å². The highest BCUT2D eigenvalue weighted by atomic mass is 35.5. The molecule has 2 aromatic rings. The number of esters is 1. The average Bonchev–Trinajstić information content (AvgIpc) is 2.75. The van der Waals surface area contributed by atoms with Crippen molar-refractivity contribution in [2.24, 2.45) is 0 Å². The van der Waals surface area contributed by atoms with Crippen molar-refractivity contribution in [2.75, 3.05) is 19.0 Å². The van der Waals surface area contributed by atoms with Crippen LogP contribution in [-0.2, 0) is 19.4 Å². The lowest BCUT2D eigenvalue weighted by molar-refractivity contribution is -0.139. The van der Waals surface area contributed by atoms with E-state index in [1.165, 1.54) is 0 Å². The zero-order valence-corrected chi connectivity index (χ0v) is 19.4. The summed E-state index contributed by atoms with van der Waals surface area (Å²) in [5, 5.41) is 4.67. The van der Waals surface area contributed by atoms with Crippen LogP contribution >= 0.6 is 11.6 Å². The van der Waals surface area contributed by atoms with Crippen molar-refractivity contribution in [1.82, 2.24) is 10.6 Å². The number of sulfone groups is 1. The van der Waals surface area contributed by atoms with E-state index in [-0.39, 0.29) is 27.8 Å². The summed E-state index contributed by atoms with van der Waals surface area (Å²) in [6, 6.07) is 7.98. The highest BCUT2D eigenvalue weighted by Gasteiger charge is 2.35. The number of urea groups is 1. The third-order valence-corrected chi connectivity index (χ3v) is 6.69. The standard InChI is InChI=1S/C22H22ClFN2O6S/c1-3-31-14-7-5-13(6-8-14)20-19(21(27)32-4-2)18(25-22(28)26-20)12-33(29,30)15-9-10-17(24)16(23)11-15/h5-11,20H,3-4,12H2,1-2H3,(H2,25,26,28)/t20-/m0/s1. The van der Waals surface area contributed by atoms with E-state index in [1.807, 2.05) is 6.92 Å². The molecule has 0 bridgehead atoms. The molecule has 0 aliphatic carbocycles. The quantitative estimate of drug-likeness (QED) is 0.427. The van der Waals surface area contributed by atoms with Crippen LogP contribution in [0.2, 0.25) is 5.02 Å². The van der Waals surface area contributed by atoms with Gasteiger partial charge in [0.25, 0.3) is 0 Å². The largest absolute Gasteiger partial charge is 0.494 e. The average molecular weight is 497 g/mol. The minimum atomic E-state index is -4.10. The third kappa shape index (κ3) is 5.63. The second-order valence-corrected chi connectivity index (χ2v) is 9.38. The van der Waals surface area contributed by atoms with Crippen LogP contribution in [0.15, 0.2) is 58.6 Å². The predicted octanol–water partition coefficient (Wildman–Crippen LogP) is 3.52. The highest BCUT2D eigenvalue weighted by Crippen LogP contribution is 2.31. The first-order valence-electron chi connectivity index (χ1n) is 10.0. The molecule has 0 radical (unpaired) electrons. The number of benzene rings is 2. The number of halogens is 2. The summed E-state index contributed by atoms with van der Waals surface area (Å²) in [4.78, 5) is 24.9. The molecule has 1 heterocycles. The fourth-order valence-corrected chi connectivity index (χ4v) is 4.89. The van der Waals surface area contributed by atoms with Crippen molar-refractivity contribution >= 4 is 33.4 Å². The van der Waals surface area contributed by atoms with Crippen LogP contribution in [0, 0.1) is 5.82 Å². The Bertz CT molecular complexity index is 1200. The first-order valence-corrected chi connectivity index (χ1v) is 12.1. The number of amides is 2. The molecular formula is C22H22ClFN2O6S. The van der Waals surface area contributed by atoms with Crippen molar-refractivity contribution in [1.29, 1.82) is 0 Å². The molecule has 1 aliphatic heterocycles. The number of carbonyl (C=O) groups excluding carboxylic acids is 2. The van der Waals surface area contributed by atoms with Gasteiger partial charge in [-0.1, -0.05) is 23.7 Å². The Hall–Kier alpha value is -3.11. The Labute approximate surface area is 195 Å². The molecule has 2 amide bonds. The number of carbonyl (C=O) groups is 2. The van der Waals surface area contributed by atoms with Crippen molar-refractivity contribution in [3.05, 3.63) is 70.1 Å². The first-order chi connectivity index (χ1) is 15.7. The van der Waals surface area contributed by atoms with Crippen molar-refractivity contribution in [3.63, 3.8) is 0 Å². The van der Waals surface area contributed by atoms with Gasteiger partial charge in [-0.3, -0.25) is 0 Å². The lowest BCUT2D eigenvalue weighted by atomic mass is 9.95. The smallest absolute Gasteiger partial charge is 0.338 e. The van der Waals surface area contributed by atoms with E-state index >= 15 is 0 Å². The van der Waals surface area contributed by atoms with Gasteiger partial charge in [0.05, 0.1) is 40.5 Å². The predicted molar refractivity (Wildman–Crippen MR) is 119 cm³/mol. The summed E-state index contributed by atoms with van der Waals surface area (Å²) in [6.45, 7) is 3.95. The second kappa shape index (κ2) is 10.2. The molecule has 0 spiro atoms. The molecular weight excluding hydrogens is 475 g/mol. The molecule has 0 aromatic heterocycles.